The third-order valence-electron chi connectivity index (χ3n) is 3.61. The molecule has 0 fully saturated rings. The zero-order valence-electron chi connectivity index (χ0n) is 14.6. The summed E-state index contributed by atoms with van der Waals surface area (Å²) >= 11 is 0. The summed E-state index contributed by atoms with van der Waals surface area (Å²) in [6.45, 7) is 2.27. The molecule has 0 aromatic heterocycles. The van der Waals surface area contributed by atoms with Crippen LogP contribution in [0.3, 0.4) is 0 Å². The molecule has 1 amide bonds. The fourth-order valence-corrected chi connectivity index (χ4v) is 3.29. The molecule has 0 radical (unpaired) electrons. The summed E-state index contributed by atoms with van der Waals surface area (Å²) in [5.74, 6) is -0.289. The number of sulfonamides is 1. The highest BCUT2D eigenvalue weighted by Gasteiger charge is 2.14. The molecule has 0 bridgehead atoms. The molecule has 2 rings (SSSR count). The average Bonchev–Trinajstić information content (AvgIpc) is 2.60. The molecule has 134 valence electrons. The highest BCUT2D eigenvalue weighted by atomic mass is 32.2. The van der Waals surface area contributed by atoms with Crippen molar-refractivity contribution in [3.05, 3.63) is 54.1 Å². The second-order valence-electron chi connectivity index (χ2n) is 5.82. The molecule has 0 saturated carbocycles. The van der Waals surface area contributed by atoms with Crippen LogP contribution in [0.25, 0.3) is 0 Å². The van der Waals surface area contributed by atoms with Gasteiger partial charge in [0, 0.05) is 37.6 Å². The van der Waals surface area contributed by atoms with Crippen molar-refractivity contribution in [1.29, 1.82) is 0 Å². The number of anilines is 2. The van der Waals surface area contributed by atoms with E-state index in [1.54, 1.807) is 0 Å². The van der Waals surface area contributed by atoms with Crippen LogP contribution in [0, 0.1) is 0 Å². The topological polar surface area (TPSA) is 78.5 Å². The maximum absolute atomic E-state index is 12.3. The van der Waals surface area contributed by atoms with E-state index in [1.807, 2.05) is 50.2 Å². The Hall–Kier alpha value is -2.38. The molecule has 0 saturated heterocycles. The zero-order chi connectivity index (χ0) is 18.4. The largest absolute Gasteiger partial charge is 0.378 e. The number of benzene rings is 2. The van der Waals surface area contributed by atoms with Crippen molar-refractivity contribution in [2.24, 2.45) is 0 Å². The molecule has 25 heavy (non-hydrogen) atoms. The first-order valence-electron chi connectivity index (χ1n) is 8.02. The van der Waals surface area contributed by atoms with Gasteiger partial charge in [-0.2, -0.15) is 0 Å². The quantitative estimate of drug-likeness (QED) is 0.795. The molecule has 0 atom stereocenters. The van der Waals surface area contributed by atoms with Gasteiger partial charge in [0.1, 0.15) is 0 Å². The van der Waals surface area contributed by atoms with Gasteiger partial charge in [0.05, 0.1) is 4.90 Å². The van der Waals surface area contributed by atoms with Crippen LogP contribution in [0.5, 0.6) is 0 Å². The van der Waals surface area contributed by atoms with Gasteiger partial charge in [-0.1, -0.05) is 6.92 Å². The van der Waals surface area contributed by atoms with Crippen molar-refractivity contribution in [3.63, 3.8) is 0 Å². The number of rotatable bonds is 7. The van der Waals surface area contributed by atoms with Crippen molar-refractivity contribution in [2.75, 3.05) is 30.9 Å². The highest BCUT2D eigenvalue weighted by molar-refractivity contribution is 7.89. The summed E-state index contributed by atoms with van der Waals surface area (Å²) in [5, 5.41) is 2.79. The van der Waals surface area contributed by atoms with Crippen LogP contribution in [-0.2, 0) is 10.0 Å². The van der Waals surface area contributed by atoms with Gasteiger partial charge >= 0.3 is 0 Å². The monoisotopic (exact) mass is 361 g/mol. The van der Waals surface area contributed by atoms with Crippen molar-refractivity contribution >= 4 is 27.3 Å². The summed E-state index contributed by atoms with van der Waals surface area (Å²) in [4.78, 5) is 14.4. The van der Waals surface area contributed by atoms with E-state index >= 15 is 0 Å². The minimum absolute atomic E-state index is 0.146. The van der Waals surface area contributed by atoms with E-state index in [0.717, 1.165) is 5.69 Å². The van der Waals surface area contributed by atoms with Gasteiger partial charge in [-0.05, 0) is 55.0 Å². The Morgan fingerprint density at radius 2 is 1.60 bits per heavy atom. The Kier molecular flexibility index (Phi) is 6.17. The average molecular weight is 361 g/mol. The Morgan fingerprint density at radius 1 is 1.00 bits per heavy atom. The summed E-state index contributed by atoms with van der Waals surface area (Å²) in [6, 6.07) is 13.3. The molecule has 6 nitrogen and oxygen atoms in total. The normalized spacial score (nSPS) is 11.2. The smallest absolute Gasteiger partial charge is 0.255 e. The molecule has 0 spiro atoms. The third-order valence-corrected chi connectivity index (χ3v) is 5.09. The highest BCUT2D eigenvalue weighted by Crippen LogP contribution is 2.17. The van der Waals surface area contributed by atoms with Gasteiger partial charge < -0.3 is 10.2 Å². The minimum Gasteiger partial charge on any atom is -0.378 e. The van der Waals surface area contributed by atoms with Crippen LogP contribution < -0.4 is 14.9 Å². The number of nitrogens with one attached hydrogen (secondary N) is 2. The summed E-state index contributed by atoms with van der Waals surface area (Å²) < 4.78 is 26.6. The summed E-state index contributed by atoms with van der Waals surface area (Å²) in [7, 11) is 0.363. The number of hydrogen-bond acceptors (Lipinski definition) is 4. The van der Waals surface area contributed by atoms with Crippen LogP contribution >= 0.6 is 0 Å². The number of nitrogens with zero attached hydrogens (tertiary/aromatic N) is 1. The van der Waals surface area contributed by atoms with Crippen LogP contribution in [0.1, 0.15) is 23.7 Å². The standard InChI is InChI=1S/C18H23N3O3S/c1-4-13-19-25(23,24)17-11-5-14(6-12-17)18(22)20-15-7-9-16(10-8-15)21(2)3/h5-12,19H,4,13H2,1-3H3,(H,20,22). The van der Waals surface area contributed by atoms with Gasteiger partial charge in [0.15, 0.2) is 0 Å². The van der Waals surface area contributed by atoms with Crippen molar-refractivity contribution < 1.29 is 13.2 Å². The lowest BCUT2D eigenvalue weighted by Gasteiger charge is -2.13. The maximum Gasteiger partial charge on any atom is 0.255 e. The van der Waals surface area contributed by atoms with Gasteiger partial charge in [0.2, 0.25) is 10.0 Å². The van der Waals surface area contributed by atoms with Crippen molar-refractivity contribution in [2.45, 2.75) is 18.2 Å². The molecule has 2 aromatic rings. The van der Waals surface area contributed by atoms with E-state index in [0.29, 0.717) is 24.2 Å². The molecule has 2 N–H and O–H groups in total. The first-order chi connectivity index (χ1) is 11.8. The second kappa shape index (κ2) is 8.13. The lowest BCUT2D eigenvalue weighted by atomic mass is 10.2. The molecular formula is C18H23N3O3S. The fraction of sp³-hybridized carbons (Fsp3) is 0.278. The summed E-state index contributed by atoms with van der Waals surface area (Å²) in [5.41, 5.74) is 2.11. The van der Waals surface area contributed by atoms with Crippen LogP contribution in [0.15, 0.2) is 53.4 Å². The van der Waals surface area contributed by atoms with Gasteiger partial charge in [-0.15, -0.1) is 0 Å². The van der Waals surface area contributed by atoms with Crippen LogP contribution in [0.4, 0.5) is 11.4 Å². The first kappa shape index (κ1) is 19.0. The molecule has 7 heteroatoms. The zero-order valence-corrected chi connectivity index (χ0v) is 15.4. The predicted octanol–water partition coefficient (Wildman–Crippen LogP) is 2.69. The Bertz CT molecular complexity index is 814. The van der Waals surface area contributed by atoms with E-state index in [9.17, 15) is 13.2 Å². The molecule has 0 unspecified atom stereocenters. The maximum atomic E-state index is 12.3. The van der Waals surface area contributed by atoms with E-state index in [4.69, 9.17) is 0 Å². The Morgan fingerprint density at radius 3 is 2.12 bits per heavy atom. The molecule has 0 aliphatic carbocycles. The third kappa shape index (κ3) is 5.04. The van der Waals surface area contributed by atoms with Crippen molar-refractivity contribution in [1.82, 2.24) is 4.72 Å². The molecular weight excluding hydrogens is 338 g/mol. The van der Waals surface area contributed by atoms with Crippen molar-refractivity contribution in [3.8, 4) is 0 Å². The van der Waals surface area contributed by atoms with E-state index in [1.165, 1.54) is 24.3 Å². The number of amides is 1. The fourth-order valence-electron chi connectivity index (χ4n) is 2.15. The van der Waals surface area contributed by atoms with Gasteiger partial charge in [-0.3, -0.25) is 4.79 Å². The minimum atomic E-state index is -3.52. The van der Waals surface area contributed by atoms with E-state index in [-0.39, 0.29) is 10.8 Å². The predicted molar refractivity (Wildman–Crippen MR) is 101 cm³/mol. The lowest BCUT2D eigenvalue weighted by Crippen LogP contribution is -2.24. The van der Waals surface area contributed by atoms with Crippen LogP contribution in [-0.4, -0.2) is 35.0 Å². The number of hydrogen-bond donors (Lipinski definition) is 2. The second-order valence-corrected chi connectivity index (χ2v) is 7.58. The lowest BCUT2D eigenvalue weighted by molar-refractivity contribution is 0.102. The van der Waals surface area contributed by atoms with Crippen LogP contribution in [0.2, 0.25) is 0 Å². The van der Waals surface area contributed by atoms with Gasteiger partial charge in [-0.25, -0.2) is 13.1 Å². The Balaban J connectivity index is 2.07. The molecule has 0 heterocycles. The van der Waals surface area contributed by atoms with Gasteiger partial charge in [0.25, 0.3) is 5.91 Å². The number of carbonyl (C=O) groups is 1. The Labute approximate surface area is 148 Å². The first-order valence-corrected chi connectivity index (χ1v) is 9.50. The van der Waals surface area contributed by atoms with E-state index < -0.39 is 10.0 Å². The molecule has 0 aliphatic heterocycles. The number of carbonyl (C=O) groups excluding carboxylic acids is 1. The summed E-state index contributed by atoms with van der Waals surface area (Å²) in [6.07, 6.45) is 0.715. The molecule has 0 aliphatic rings. The molecule has 2 aromatic carbocycles. The SMILES string of the molecule is CCCNS(=O)(=O)c1ccc(C(=O)Nc2ccc(N(C)C)cc2)cc1. The van der Waals surface area contributed by atoms with E-state index in [2.05, 4.69) is 10.0 Å².